The molecular formula is C16H19F3N4. The van der Waals surface area contributed by atoms with Crippen LogP contribution in [0.25, 0.3) is 5.65 Å². The van der Waals surface area contributed by atoms with Gasteiger partial charge in [0.1, 0.15) is 5.65 Å². The maximum Gasteiger partial charge on any atom is 0.396 e. The highest BCUT2D eigenvalue weighted by atomic mass is 19.4. The molecule has 23 heavy (non-hydrogen) atoms. The maximum atomic E-state index is 13.3. The number of imidazole rings is 1. The second kappa shape index (κ2) is 4.70. The number of piperidine rings is 1. The van der Waals surface area contributed by atoms with E-state index < -0.39 is 17.0 Å². The highest BCUT2D eigenvalue weighted by Crippen LogP contribution is 2.72. The molecule has 2 aromatic rings. The van der Waals surface area contributed by atoms with Crippen molar-refractivity contribution in [2.24, 2.45) is 10.8 Å². The number of fused-ring (bicyclic) bond motifs is 2. The molecule has 0 bridgehead atoms. The first-order valence-electron chi connectivity index (χ1n) is 7.79. The number of nitrogens with zero attached hydrogens (tertiary/aromatic N) is 2. The predicted octanol–water partition coefficient (Wildman–Crippen LogP) is 2.27. The number of alkyl halides is 3. The Morgan fingerprint density at radius 1 is 1.35 bits per heavy atom. The van der Waals surface area contributed by atoms with Gasteiger partial charge in [-0.3, -0.25) is 0 Å². The minimum atomic E-state index is -4.13. The van der Waals surface area contributed by atoms with Crippen LogP contribution in [0.15, 0.2) is 24.4 Å². The lowest BCUT2D eigenvalue weighted by Gasteiger charge is -2.21. The summed E-state index contributed by atoms with van der Waals surface area (Å²) in [5.41, 5.74) is 0.689. The van der Waals surface area contributed by atoms with Gasteiger partial charge >= 0.3 is 6.18 Å². The lowest BCUT2D eigenvalue weighted by Crippen LogP contribution is -2.35. The first-order valence-corrected chi connectivity index (χ1v) is 7.79. The minimum absolute atomic E-state index is 0.0485. The smallest absolute Gasteiger partial charge is 0.315 e. The molecule has 1 aliphatic heterocycles. The van der Waals surface area contributed by atoms with Crippen molar-refractivity contribution >= 4 is 5.65 Å². The number of rotatable bonds is 4. The van der Waals surface area contributed by atoms with Gasteiger partial charge in [-0.2, -0.15) is 13.2 Å². The van der Waals surface area contributed by atoms with Gasteiger partial charge in [-0.1, -0.05) is 6.07 Å². The van der Waals surface area contributed by atoms with E-state index in [-0.39, 0.29) is 13.0 Å². The first kappa shape index (κ1) is 15.0. The lowest BCUT2D eigenvalue weighted by atomic mass is 9.95. The van der Waals surface area contributed by atoms with Crippen LogP contribution < -0.4 is 10.6 Å². The van der Waals surface area contributed by atoms with Crippen molar-refractivity contribution in [1.29, 1.82) is 0 Å². The molecule has 7 heteroatoms. The monoisotopic (exact) mass is 324 g/mol. The summed E-state index contributed by atoms with van der Waals surface area (Å²) >= 11 is 0. The van der Waals surface area contributed by atoms with Gasteiger partial charge in [0.25, 0.3) is 0 Å². The van der Waals surface area contributed by atoms with Gasteiger partial charge in [0.05, 0.1) is 17.3 Å². The number of nitrogens with one attached hydrogen (secondary N) is 2. The topological polar surface area (TPSA) is 41.4 Å². The maximum absolute atomic E-state index is 13.3. The minimum Gasteiger partial charge on any atom is -0.315 e. The Kier molecular flexibility index (Phi) is 3.06. The summed E-state index contributed by atoms with van der Waals surface area (Å²) in [6, 6.07) is 5.86. The SMILES string of the molecule is Cc1cccc2ncc(CNC[C@@]34CNC[C@]3(C(F)(F)F)C4)n12. The fourth-order valence-corrected chi connectivity index (χ4v) is 4.16. The molecule has 4 rings (SSSR count). The molecule has 2 aliphatic rings. The second-order valence-electron chi connectivity index (χ2n) is 6.85. The predicted molar refractivity (Wildman–Crippen MR) is 80.0 cm³/mol. The number of aryl methyl sites for hydroxylation is 1. The molecule has 2 aromatic heterocycles. The fourth-order valence-electron chi connectivity index (χ4n) is 4.16. The lowest BCUT2D eigenvalue weighted by molar-refractivity contribution is -0.190. The standard InChI is InChI=1S/C16H19F3N4/c1-11-3-2-4-13-22-6-12(23(11)13)5-20-8-14-7-15(14,10-21-9-14)16(17,18)19/h2-4,6,20-21H,5,7-10H2,1H3/t14-,15+/m0/s1. The van der Waals surface area contributed by atoms with Gasteiger partial charge < -0.3 is 15.0 Å². The van der Waals surface area contributed by atoms with Gasteiger partial charge in [0, 0.05) is 37.3 Å². The molecule has 0 aromatic carbocycles. The van der Waals surface area contributed by atoms with Gasteiger partial charge in [0.15, 0.2) is 0 Å². The molecule has 2 N–H and O–H groups in total. The molecular weight excluding hydrogens is 305 g/mol. The Morgan fingerprint density at radius 3 is 2.91 bits per heavy atom. The van der Waals surface area contributed by atoms with E-state index in [0.29, 0.717) is 19.6 Å². The van der Waals surface area contributed by atoms with E-state index in [1.54, 1.807) is 6.20 Å². The largest absolute Gasteiger partial charge is 0.396 e. The van der Waals surface area contributed by atoms with Crippen molar-refractivity contribution in [3.63, 3.8) is 0 Å². The van der Waals surface area contributed by atoms with Gasteiger partial charge in [-0.25, -0.2) is 4.98 Å². The number of hydrogen-bond donors (Lipinski definition) is 2. The zero-order valence-corrected chi connectivity index (χ0v) is 12.9. The van der Waals surface area contributed by atoms with Crippen molar-refractivity contribution in [1.82, 2.24) is 20.0 Å². The first-order chi connectivity index (χ1) is 10.9. The summed E-state index contributed by atoms with van der Waals surface area (Å²) in [4.78, 5) is 4.34. The molecule has 0 amide bonds. The van der Waals surface area contributed by atoms with E-state index in [2.05, 4.69) is 15.6 Å². The van der Waals surface area contributed by atoms with Crippen LogP contribution in [0.3, 0.4) is 0 Å². The van der Waals surface area contributed by atoms with Crippen molar-refractivity contribution < 1.29 is 13.2 Å². The van der Waals surface area contributed by atoms with Crippen LogP contribution in [0.1, 0.15) is 17.8 Å². The van der Waals surface area contributed by atoms with Gasteiger partial charge in [-0.05, 0) is 25.5 Å². The van der Waals surface area contributed by atoms with Crippen LogP contribution in [0, 0.1) is 17.8 Å². The molecule has 2 atom stereocenters. The van der Waals surface area contributed by atoms with E-state index in [0.717, 1.165) is 17.0 Å². The summed E-state index contributed by atoms with van der Waals surface area (Å²) < 4.78 is 42.0. The molecule has 3 heterocycles. The Bertz CT molecular complexity index is 753. The van der Waals surface area contributed by atoms with Crippen LogP contribution in [-0.4, -0.2) is 35.2 Å². The normalized spacial score (nSPS) is 29.9. The summed E-state index contributed by atoms with van der Waals surface area (Å²) in [7, 11) is 0. The van der Waals surface area contributed by atoms with Crippen molar-refractivity contribution in [2.75, 3.05) is 19.6 Å². The molecule has 1 saturated carbocycles. The summed E-state index contributed by atoms with van der Waals surface area (Å²) in [6.45, 7) is 3.37. The van der Waals surface area contributed by atoms with Crippen LogP contribution in [0.2, 0.25) is 0 Å². The van der Waals surface area contributed by atoms with E-state index in [4.69, 9.17) is 0 Å². The van der Waals surface area contributed by atoms with Crippen molar-refractivity contribution in [2.45, 2.75) is 26.1 Å². The fraction of sp³-hybridized carbons (Fsp3) is 0.562. The van der Waals surface area contributed by atoms with Crippen LogP contribution in [0.5, 0.6) is 0 Å². The molecule has 124 valence electrons. The molecule has 0 radical (unpaired) electrons. The third kappa shape index (κ3) is 2.03. The van der Waals surface area contributed by atoms with Crippen LogP contribution in [0.4, 0.5) is 13.2 Å². The quantitative estimate of drug-likeness (QED) is 0.907. The third-order valence-corrected chi connectivity index (χ3v) is 5.53. The number of aromatic nitrogens is 2. The average Bonchev–Trinajstić information content (AvgIpc) is 2.81. The van der Waals surface area contributed by atoms with Crippen LogP contribution in [-0.2, 0) is 6.54 Å². The molecule has 1 aliphatic carbocycles. The number of halogens is 3. The van der Waals surface area contributed by atoms with Crippen LogP contribution >= 0.6 is 0 Å². The average molecular weight is 324 g/mol. The molecule has 0 spiro atoms. The Labute approximate surface area is 132 Å². The van der Waals surface area contributed by atoms with E-state index in [1.165, 1.54) is 0 Å². The highest BCUT2D eigenvalue weighted by Gasteiger charge is 2.81. The van der Waals surface area contributed by atoms with Gasteiger partial charge in [-0.15, -0.1) is 0 Å². The summed E-state index contributed by atoms with van der Waals surface area (Å²) in [5, 5.41) is 6.14. The van der Waals surface area contributed by atoms with Crippen molar-refractivity contribution in [3.8, 4) is 0 Å². The molecule has 0 unspecified atom stereocenters. The highest BCUT2D eigenvalue weighted by molar-refractivity contribution is 5.42. The zero-order valence-electron chi connectivity index (χ0n) is 12.9. The Balaban J connectivity index is 1.47. The number of hydrogen-bond acceptors (Lipinski definition) is 3. The number of pyridine rings is 1. The summed E-state index contributed by atoms with van der Waals surface area (Å²) in [5.74, 6) is 0. The second-order valence-corrected chi connectivity index (χ2v) is 6.85. The van der Waals surface area contributed by atoms with E-state index >= 15 is 0 Å². The molecule has 4 nitrogen and oxygen atoms in total. The Morgan fingerprint density at radius 2 is 2.17 bits per heavy atom. The van der Waals surface area contributed by atoms with E-state index in [9.17, 15) is 13.2 Å². The molecule has 2 fully saturated rings. The Hall–Kier alpha value is -1.60. The molecule has 1 saturated heterocycles. The van der Waals surface area contributed by atoms with Gasteiger partial charge in [0.2, 0.25) is 0 Å². The van der Waals surface area contributed by atoms with Crippen molar-refractivity contribution in [3.05, 3.63) is 35.8 Å². The zero-order chi connectivity index (χ0) is 16.3. The van der Waals surface area contributed by atoms with E-state index in [1.807, 2.05) is 29.5 Å². The summed E-state index contributed by atoms with van der Waals surface area (Å²) in [6.07, 6.45) is -2.11. The third-order valence-electron chi connectivity index (χ3n) is 5.53.